The summed E-state index contributed by atoms with van der Waals surface area (Å²) in [5.74, 6) is 0.210. The summed E-state index contributed by atoms with van der Waals surface area (Å²) in [5, 5.41) is 0. The molecule has 0 radical (unpaired) electrons. The van der Waals surface area contributed by atoms with Crippen molar-refractivity contribution >= 4 is 0 Å². The van der Waals surface area contributed by atoms with E-state index in [4.69, 9.17) is 15.2 Å². The summed E-state index contributed by atoms with van der Waals surface area (Å²) < 4.78 is 23.9. The van der Waals surface area contributed by atoms with Gasteiger partial charge in [-0.1, -0.05) is 0 Å². The van der Waals surface area contributed by atoms with E-state index >= 15 is 0 Å². The smallest absolute Gasteiger partial charge is 0.197 e. The second-order valence-electron chi connectivity index (χ2n) is 3.27. The van der Waals surface area contributed by atoms with Gasteiger partial charge in [0.05, 0.1) is 14.2 Å². The van der Waals surface area contributed by atoms with Gasteiger partial charge in [0.25, 0.3) is 0 Å². The van der Waals surface area contributed by atoms with Crippen molar-refractivity contribution in [3.63, 3.8) is 0 Å². The molecule has 2 N–H and O–H groups in total. The minimum absolute atomic E-state index is 0.154. The molecule has 0 aliphatic rings. The Hall–Kier alpha value is -1.29. The second-order valence-corrected chi connectivity index (χ2v) is 3.27. The van der Waals surface area contributed by atoms with Crippen molar-refractivity contribution in [1.82, 2.24) is 0 Å². The maximum absolute atomic E-state index is 13.8. The van der Waals surface area contributed by atoms with Crippen LogP contribution < -0.4 is 15.2 Å². The van der Waals surface area contributed by atoms with Crippen molar-refractivity contribution in [3.05, 3.63) is 23.0 Å². The molecule has 84 valence electrons. The molecule has 3 nitrogen and oxygen atoms in total. The first-order chi connectivity index (χ1) is 7.15. The molecule has 0 saturated heterocycles. The fraction of sp³-hybridized carbons (Fsp3) is 0.455. The van der Waals surface area contributed by atoms with Crippen LogP contribution in [0.25, 0.3) is 0 Å². The van der Waals surface area contributed by atoms with Crippen LogP contribution in [-0.4, -0.2) is 20.8 Å². The third-order valence-electron chi connectivity index (χ3n) is 2.26. The molecule has 0 bridgehead atoms. The lowest BCUT2D eigenvalue weighted by atomic mass is 10.1. The summed E-state index contributed by atoms with van der Waals surface area (Å²) in [5.41, 5.74) is 6.81. The Balaban J connectivity index is 3.30. The van der Waals surface area contributed by atoms with Crippen LogP contribution in [0.5, 0.6) is 11.5 Å². The average molecular weight is 213 g/mol. The van der Waals surface area contributed by atoms with Gasteiger partial charge in [-0.05, 0) is 37.1 Å². The molecule has 1 rings (SSSR count). The van der Waals surface area contributed by atoms with Gasteiger partial charge in [-0.15, -0.1) is 0 Å². The van der Waals surface area contributed by atoms with Gasteiger partial charge in [0, 0.05) is 0 Å². The van der Waals surface area contributed by atoms with Gasteiger partial charge in [0.2, 0.25) is 0 Å². The standard InChI is InChI=1S/C11H16FNO2/c1-7-6-8(4-5-13)9(12)11(15-3)10(7)14-2/h6H,4-5,13H2,1-3H3. The zero-order valence-corrected chi connectivity index (χ0v) is 9.26. The number of benzene rings is 1. The Kier molecular flexibility index (Phi) is 3.91. The van der Waals surface area contributed by atoms with Crippen molar-refractivity contribution in [1.29, 1.82) is 0 Å². The van der Waals surface area contributed by atoms with Gasteiger partial charge >= 0.3 is 0 Å². The van der Waals surface area contributed by atoms with E-state index in [2.05, 4.69) is 0 Å². The number of ether oxygens (including phenoxy) is 2. The number of hydrogen-bond acceptors (Lipinski definition) is 3. The Labute approximate surface area is 89.0 Å². The van der Waals surface area contributed by atoms with Crippen LogP contribution in [-0.2, 0) is 6.42 Å². The van der Waals surface area contributed by atoms with E-state index in [0.29, 0.717) is 24.3 Å². The normalized spacial score (nSPS) is 10.2. The van der Waals surface area contributed by atoms with Gasteiger partial charge in [0.15, 0.2) is 17.3 Å². The first-order valence-corrected chi connectivity index (χ1v) is 4.75. The van der Waals surface area contributed by atoms with Crippen LogP contribution in [0.2, 0.25) is 0 Å². The number of hydrogen-bond donors (Lipinski definition) is 1. The molecular weight excluding hydrogens is 197 g/mol. The van der Waals surface area contributed by atoms with Crippen molar-refractivity contribution < 1.29 is 13.9 Å². The molecule has 1 aromatic rings. The third-order valence-corrected chi connectivity index (χ3v) is 2.26. The van der Waals surface area contributed by atoms with Crippen molar-refractivity contribution in [2.45, 2.75) is 13.3 Å². The molecule has 15 heavy (non-hydrogen) atoms. The topological polar surface area (TPSA) is 44.5 Å². The molecule has 0 spiro atoms. The molecule has 0 unspecified atom stereocenters. The predicted molar refractivity (Wildman–Crippen MR) is 57.0 cm³/mol. The summed E-state index contributed by atoms with van der Waals surface area (Å²) in [7, 11) is 2.92. The molecule has 0 atom stereocenters. The Morgan fingerprint density at radius 3 is 2.33 bits per heavy atom. The molecule has 0 saturated carbocycles. The molecule has 1 aromatic carbocycles. The number of aryl methyl sites for hydroxylation is 1. The van der Waals surface area contributed by atoms with Crippen LogP contribution in [0.15, 0.2) is 6.07 Å². The highest BCUT2D eigenvalue weighted by atomic mass is 19.1. The van der Waals surface area contributed by atoms with E-state index in [1.165, 1.54) is 14.2 Å². The first kappa shape index (κ1) is 11.8. The molecule has 0 heterocycles. The van der Waals surface area contributed by atoms with Gasteiger partial charge < -0.3 is 15.2 Å². The van der Waals surface area contributed by atoms with Crippen molar-refractivity contribution in [2.75, 3.05) is 20.8 Å². The number of methoxy groups -OCH3 is 2. The first-order valence-electron chi connectivity index (χ1n) is 4.75. The summed E-state index contributed by atoms with van der Waals surface area (Å²) in [6.07, 6.45) is 0.493. The highest BCUT2D eigenvalue weighted by Gasteiger charge is 2.17. The summed E-state index contributed by atoms with van der Waals surface area (Å²) in [6, 6.07) is 1.74. The zero-order chi connectivity index (χ0) is 11.4. The zero-order valence-electron chi connectivity index (χ0n) is 9.26. The fourth-order valence-corrected chi connectivity index (χ4v) is 1.59. The monoisotopic (exact) mass is 213 g/mol. The quantitative estimate of drug-likeness (QED) is 0.827. The predicted octanol–water partition coefficient (Wildman–Crippen LogP) is 1.65. The highest BCUT2D eigenvalue weighted by Crippen LogP contribution is 2.35. The van der Waals surface area contributed by atoms with Crippen molar-refractivity contribution in [2.24, 2.45) is 5.73 Å². The van der Waals surface area contributed by atoms with Crippen LogP contribution in [0.3, 0.4) is 0 Å². The van der Waals surface area contributed by atoms with Crippen LogP contribution in [0, 0.1) is 12.7 Å². The maximum Gasteiger partial charge on any atom is 0.197 e. The van der Waals surface area contributed by atoms with Gasteiger partial charge in [0.1, 0.15) is 0 Å². The highest BCUT2D eigenvalue weighted by molar-refractivity contribution is 5.50. The molecule has 0 aliphatic carbocycles. The Morgan fingerprint density at radius 2 is 1.87 bits per heavy atom. The molecule has 0 amide bonds. The van der Waals surface area contributed by atoms with Crippen LogP contribution in [0.4, 0.5) is 4.39 Å². The van der Waals surface area contributed by atoms with E-state index in [1.807, 2.05) is 6.92 Å². The van der Waals surface area contributed by atoms with E-state index in [1.54, 1.807) is 6.07 Å². The molecule has 4 heteroatoms. The molecular formula is C11H16FNO2. The summed E-state index contributed by atoms with van der Waals surface area (Å²) in [4.78, 5) is 0. The lowest BCUT2D eigenvalue weighted by molar-refractivity contribution is 0.334. The van der Waals surface area contributed by atoms with E-state index < -0.39 is 0 Å². The lowest BCUT2D eigenvalue weighted by Gasteiger charge is -2.14. The van der Waals surface area contributed by atoms with E-state index in [9.17, 15) is 4.39 Å². The number of halogens is 1. The van der Waals surface area contributed by atoms with Gasteiger partial charge in [-0.25, -0.2) is 4.39 Å². The minimum Gasteiger partial charge on any atom is -0.492 e. The average Bonchev–Trinajstić information content (AvgIpc) is 2.22. The molecule has 0 aliphatic heterocycles. The van der Waals surface area contributed by atoms with Gasteiger partial charge in [-0.2, -0.15) is 0 Å². The third kappa shape index (κ3) is 2.21. The largest absolute Gasteiger partial charge is 0.492 e. The molecule has 0 aromatic heterocycles. The van der Waals surface area contributed by atoms with Crippen molar-refractivity contribution in [3.8, 4) is 11.5 Å². The second kappa shape index (κ2) is 4.98. The summed E-state index contributed by atoms with van der Waals surface area (Å²) in [6.45, 7) is 2.26. The lowest BCUT2D eigenvalue weighted by Crippen LogP contribution is -2.07. The Bertz CT molecular complexity index is 353. The SMILES string of the molecule is COc1c(C)cc(CCN)c(F)c1OC. The summed E-state index contributed by atoms with van der Waals surface area (Å²) >= 11 is 0. The Morgan fingerprint density at radius 1 is 1.27 bits per heavy atom. The van der Waals surface area contributed by atoms with E-state index in [-0.39, 0.29) is 11.6 Å². The number of rotatable bonds is 4. The van der Waals surface area contributed by atoms with Crippen LogP contribution >= 0.6 is 0 Å². The van der Waals surface area contributed by atoms with Crippen LogP contribution in [0.1, 0.15) is 11.1 Å². The minimum atomic E-state index is -0.384. The fourth-order valence-electron chi connectivity index (χ4n) is 1.59. The maximum atomic E-state index is 13.8. The molecule has 0 fully saturated rings. The number of nitrogens with two attached hydrogens (primary N) is 1. The van der Waals surface area contributed by atoms with E-state index in [0.717, 1.165) is 5.56 Å². The van der Waals surface area contributed by atoms with Gasteiger partial charge in [-0.3, -0.25) is 0 Å².